The lowest BCUT2D eigenvalue weighted by atomic mass is 10.2. The van der Waals surface area contributed by atoms with Crippen LogP contribution in [0.2, 0.25) is 5.02 Å². The van der Waals surface area contributed by atoms with E-state index in [-0.39, 0.29) is 0 Å². The van der Waals surface area contributed by atoms with Gasteiger partial charge in [0, 0.05) is 5.02 Å². The number of nitrogens with zero attached hydrogens (tertiary/aromatic N) is 2. The Kier molecular flexibility index (Phi) is 4.31. The Balaban J connectivity index is 1.96. The highest BCUT2D eigenvalue weighted by Gasteiger charge is 1.93. The van der Waals surface area contributed by atoms with Crippen LogP contribution in [0.3, 0.4) is 0 Å². The highest BCUT2D eigenvalue weighted by molar-refractivity contribution is 6.30. The van der Waals surface area contributed by atoms with Gasteiger partial charge in [0.2, 0.25) is 0 Å². The number of azo groups is 1. The van der Waals surface area contributed by atoms with Crippen molar-refractivity contribution in [3.05, 3.63) is 59.1 Å². The largest absolute Gasteiger partial charge is 0.497 e. The lowest BCUT2D eigenvalue weighted by Crippen LogP contribution is -1.80. The lowest BCUT2D eigenvalue weighted by Gasteiger charge is -1.98. The highest BCUT2D eigenvalue weighted by atomic mass is 35.5. The SMILES string of the molecule is COc1ccc(N=NCc2ccc(Cl)cc2)cc1. The molecule has 0 radical (unpaired) electrons. The zero-order chi connectivity index (χ0) is 12.8. The summed E-state index contributed by atoms with van der Waals surface area (Å²) in [6.45, 7) is 0.545. The molecule has 0 aliphatic rings. The third kappa shape index (κ3) is 3.57. The molecule has 0 atom stereocenters. The fraction of sp³-hybridized carbons (Fsp3) is 0.143. The van der Waals surface area contributed by atoms with Gasteiger partial charge < -0.3 is 4.74 Å². The molecule has 2 aromatic rings. The number of rotatable bonds is 4. The van der Waals surface area contributed by atoms with Crippen LogP contribution in [0.1, 0.15) is 5.56 Å². The Morgan fingerprint density at radius 2 is 1.67 bits per heavy atom. The molecule has 2 aromatic carbocycles. The standard InChI is InChI=1S/C14H13ClN2O/c1-18-14-8-6-13(7-9-14)17-16-10-11-2-4-12(15)5-3-11/h2-9H,10H2,1H3. The number of hydrogen-bond acceptors (Lipinski definition) is 3. The molecule has 0 bridgehead atoms. The van der Waals surface area contributed by atoms with Crippen molar-refractivity contribution in [1.82, 2.24) is 0 Å². The molecule has 18 heavy (non-hydrogen) atoms. The molecule has 0 N–H and O–H groups in total. The lowest BCUT2D eigenvalue weighted by molar-refractivity contribution is 0.415. The predicted molar refractivity (Wildman–Crippen MR) is 72.7 cm³/mol. The second kappa shape index (κ2) is 6.17. The maximum absolute atomic E-state index is 5.80. The predicted octanol–water partition coefficient (Wildman–Crippen LogP) is 4.63. The van der Waals surface area contributed by atoms with E-state index in [0.29, 0.717) is 6.54 Å². The van der Waals surface area contributed by atoms with Crippen molar-refractivity contribution < 1.29 is 4.74 Å². The smallest absolute Gasteiger partial charge is 0.119 e. The van der Waals surface area contributed by atoms with Crippen LogP contribution < -0.4 is 4.74 Å². The summed E-state index contributed by atoms with van der Waals surface area (Å²) in [5.74, 6) is 0.812. The first kappa shape index (κ1) is 12.6. The molecule has 0 aliphatic carbocycles. The second-order valence-corrected chi connectivity index (χ2v) is 4.16. The van der Waals surface area contributed by atoms with Crippen LogP contribution in [0, 0.1) is 0 Å². The number of methoxy groups -OCH3 is 1. The van der Waals surface area contributed by atoms with Gasteiger partial charge in [0.1, 0.15) is 5.75 Å². The molecule has 0 aliphatic heterocycles. The number of hydrogen-bond donors (Lipinski definition) is 0. The summed E-state index contributed by atoms with van der Waals surface area (Å²) < 4.78 is 5.07. The van der Waals surface area contributed by atoms with Gasteiger partial charge in [-0.25, -0.2) is 0 Å². The summed E-state index contributed by atoms with van der Waals surface area (Å²) in [7, 11) is 1.64. The third-order valence-electron chi connectivity index (χ3n) is 2.43. The first-order valence-corrected chi connectivity index (χ1v) is 5.92. The van der Waals surface area contributed by atoms with E-state index in [9.17, 15) is 0 Å². The summed E-state index contributed by atoms with van der Waals surface area (Å²) in [6.07, 6.45) is 0. The molecule has 2 rings (SSSR count). The van der Waals surface area contributed by atoms with E-state index in [1.807, 2.05) is 48.5 Å². The molecule has 0 saturated carbocycles. The van der Waals surface area contributed by atoms with Crippen molar-refractivity contribution in [3.63, 3.8) is 0 Å². The van der Waals surface area contributed by atoms with Crippen molar-refractivity contribution in [3.8, 4) is 5.75 Å². The molecule has 0 spiro atoms. The van der Waals surface area contributed by atoms with Gasteiger partial charge in [-0.1, -0.05) is 23.7 Å². The minimum absolute atomic E-state index is 0.545. The molecule has 0 saturated heterocycles. The van der Waals surface area contributed by atoms with Crippen LogP contribution >= 0.6 is 11.6 Å². The van der Waals surface area contributed by atoms with E-state index >= 15 is 0 Å². The fourth-order valence-electron chi connectivity index (χ4n) is 1.44. The van der Waals surface area contributed by atoms with Gasteiger partial charge in [0.25, 0.3) is 0 Å². The zero-order valence-corrected chi connectivity index (χ0v) is 10.8. The summed E-state index contributed by atoms with van der Waals surface area (Å²) in [6, 6.07) is 15.0. The number of ether oxygens (including phenoxy) is 1. The Labute approximate surface area is 111 Å². The Morgan fingerprint density at radius 3 is 2.28 bits per heavy atom. The van der Waals surface area contributed by atoms with E-state index in [4.69, 9.17) is 16.3 Å². The van der Waals surface area contributed by atoms with E-state index in [1.165, 1.54) is 0 Å². The van der Waals surface area contributed by atoms with E-state index < -0.39 is 0 Å². The van der Waals surface area contributed by atoms with Crippen molar-refractivity contribution in [2.24, 2.45) is 10.2 Å². The van der Waals surface area contributed by atoms with E-state index in [1.54, 1.807) is 7.11 Å². The monoisotopic (exact) mass is 260 g/mol. The Bertz CT molecular complexity index is 520. The second-order valence-electron chi connectivity index (χ2n) is 3.72. The molecule has 0 aromatic heterocycles. The number of halogens is 1. The molecule has 0 unspecified atom stereocenters. The molecule has 92 valence electrons. The quantitative estimate of drug-likeness (QED) is 0.738. The van der Waals surface area contributed by atoms with E-state index in [0.717, 1.165) is 22.0 Å². The van der Waals surface area contributed by atoms with Gasteiger partial charge in [-0.2, -0.15) is 10.2 Å². The van der Waals surface area contributed by atoms with E-state index in [2.05, 4.69) is 10.2 Å². The van der Waals surface area contributed by atoms with Crippen LogP contribution in [0.4, 0.5) is 5.69 Å². The zero-order valence-electron chi connectivity index (χ0n) is 10.0. The maximum atomic E-state index is 5.80. The first-order valence-electron chi connectivity index (χ1n) is 5.54. The maximum Gasteiger partial charge on any atom is 0.119 e. The Hall–Kier alpha value is -1.87. The van der Waals surface area contributed by atoms with Crippen LogP contribution in [-0.4, -0.2) is 7.11 Å². The van der Waals surface area contributed by atoms with Crippen molar-refractivity contribution in [2.75, 3.05) is 7.11 Å². The third-order valence-corrected chi connectivity index (χ3v) is 2.68. The van der Waals surface area contributed by atoms with Gasteiger partial charge in [0.05, 0.1) is 19.3 Å². The molecule has 0 heterocycles. The van der Waals surface area contributed by atoms with Gasteiger partial charge in [-0.3, -0.25) is 0 Å². The summed E-state index contributed by atoms with van der Waals surface area (Å²) in [5, 5.41) is 9.00. The Morgan fingerprint density at radius 1 is 1.00 bits per heavy atom. The van der Waals surface area contributed by atoms with Gasteiger partial charge in [-0.05, 0) is 42.0 Å². The molecule has 0 fully saturated rings. The van der Waals surface area contributed by atoms with Crippen LogP contribution in [0.5, 0.6) is 5.75 Å². The average Bonchev–Trinajstić information content (AvgIpc) is 2.42. The highest BCUT2D eigenvalue weighted by Crippen LogP contribution is 2.18. The van der Waals surface area contributed by atoms with Crippen molar-refractivity contribution in [2.45, 2.75) is 6.54 Å². The summed E-state index contributed by atoms with van der Waals surface area (Å²) in [4.78, 5) is 0. The fourth-order valence-corrected chi connectivity index (χ4v) is 1.56. The topological polar surface area (TPSA) is 34.0 Å². The van der Waals surface area contributed by atoms with Crippen molar-refractivity contribution in [1.29, 1.82) is 0 Å². The van der Waals surface area contributed by atoms with Crippen molar-refractivity contribution >= 4 is 17.3 Å². The van der Waals surface area contributed by atoms with Gasteiger partial charge in [0.15, 0.2) is 0 Å². The normalized spacial score (nSPS) is 10.8. The van der Waals surface area contributed by atoms with Gasteiger partial charge in [-0.15, -0.1) is 0 Å². The minimum Gasteiger partial charge on any atom is -0.497 e. The van der Waals surface area contributed by atoms with Gasteiger partial charge >= 0.3 is 0 Å². The summed E-state index contributed by atoms with van der Waals surface area (Å²) in [5.41, 5.74) is 1.89. The number of benzene rings is 2. The van der Waals surface area contributed by atoms with Crippen LogP contribution in [0.25, 0.3) is 0 Å². The molecule has 0 amide bonds. The summed E-state index contributed by atoms with van der Waals surface area (Å²) >= 11 is 5.80. The average molecular weight is 261 g/mol. The molecule has 4 heteroatoms. The minimum atomic E-state index is 0.545. The first-order chi connectivity index (χ1) is 8.78. The molecular weight excluding hydrogens is 248 g/mol. The molecular formula is C14H13ClN2O. The molecule has 3 nitrogen and oxygen atoms in total. The van der Waals surface area contributed by atoms with Crippen LogP contribution in [-0.2, 0) is 6.54 Å². The van der Waals surface area contributed by atoms with Crippen LogP contribution in [0.15, 0.2) is 58.8 Å².